The summed E-state index contributed by atoms with van der Waals surface area (Å²) >= 11 is 0. The second-order valence-electron chi connectivity index (χ2n) is 4.10. The molecular weight excluding hydrogens is 172 g/mol. The van der Waals surface area contributed by atoms with Gasteiger partial charge in [-0.05, 0) is 19.3 Å². The van der Waals surface area contributed by atoms with Gasteiger partial charge in [0.1, 0.15) is 0 Å². The maximum absolute atomic E-state index is 5.84. The summed E-state index contributed by atoms with van der Waals surface area (Å²) in [5.41, 5.74) is 0. The molecule has 14 heavy (non-hydrogen) atoms. The molecule has 0 bridgehead atoms. The number of rotatable bonds is 10. The number of ether oxygens (including phenoxy) is 1. The average Bonchev–Trinajstić information content (AvgIpc) is 2.22. The molecule has 0 radical (unpaired) electrons. The highest BCUT2D eigenvalue weighted by molar-refractivity contribution is 4.55. The van der Waals surface area contributed by atoms with Crippen molar-refractivity contribution < 1.29 is 4.74 Å². The van der Waals surface area contributed by atoms with Crippen molar-refractivity contribution in [2.45, 2.75) is 78.2 Å². The van der Waals surface area contributed by atoms with Crippen LogP contribution in [0.5, 0.6) is 0 Å². The van der Waals surface area contributed by atoms with E-state index in [9.17, 15) is 0 Å². The lowest BCUT2D eigenvalue weighted by Crippen LogP contribution is -2.12. The van der Waals surface area contributed by atoms with E-state index < -0.39 is 0 Å². The molecule has 0 heterocycles. The van der Waals surface area contributed by atoms with Crippen molar-refractivity contribution in [3.8, 4) is 0 Å². The third-order valence-electron chi connectivity index (χ3n) is 2.69. The lowest BCUT2D eigenvalue weighted by molar-refractivity contribution is 0.0410. The van der Waals surface area contributed by atoms with Crippen molar-refractivity contribution in [1.82, 2.24) is 0 Å². The van der Waals surface area contributed by atoms with Gasteiger partial charge in [0.25, 0.3) is 0 Å². The van der Waals surface area contributed by atoms with E-state index in [-0.39, 0.29) is 0 Å². The Morgan fingerprint density at radius 2 is 1.57 bits per heavy atom. The van der Waals surface area contributed by atoms with Crippen molar-refractivity contribution in [1.29, 1.82) is 0 Å². The Hall–Kier alpha value is -0.0400. The summed E-state index contributed by atoms with van der Waals surface area (Å²) in [6.07, 6.45) is 10.8. The van der Waals surface area contributed by atoms with Gasteiger partial charge in [-0.1, -0.05) is 52.9 Å². The first kappa shape index (κ1) is 14.0. The van der Waals surface area contributed by atoms with E-state index in [0.29, 0.717) is 6.10 Å². The largest absolute Gasteiger partial charge is 0.378 e. The van der Waals surface area contributed by atoms with Crippen LogP contribution in [-0.2, 0) is 4.74 Å². The zero-order valence-corrected chi connectivity index (χ0v) is 10.3. The molecule has 0 aliphatic rings. The fraction of sp³-hybridized carbons (Fsp3) is 1.00. The van der Waals surface area contributed by atoms with Crippen LogP contribution in [0.25, 0.3) is 0 Å². The molecule has 0 aliphatic heterocycles. The van der Waals surface area contributed by atoms with E-state index in [1.165, 1.54) is 51.4 Å². The fourth-order valence-corrected chi connectivity index (χ4v) is 1.62. The van der Waals surface area contributed by atoms with Crippen LogP contribution < -0.4 is 0 Å². The predicted octanol–water partition coefficient (Wildman–Crippen LogP) is 4.55. The third kappa shape index (κ3) is 8.55. The topological polar surface area (TPSA) is 9.23 Å². The maximum atomic E-state index is 5.84. The highest BCUT2D eigenvalue weighted by atomic mass is 16.5. The molecule has 1 unspecified atom stereocenters. The van der Waals surface area contributed by atoms with Gasteiger partial charge in [0, 0.05) is 6.61 Å². The van der Waals surface area contributed by atoms with E-state index in [4.69, 9.17) is 4.74 Å². The molecule has 0 spiro atoms. The second kappa shape index (κ2) is 11.0. The Bertz CT molecular complexity index is 101. The van der Waals surface area contributed by atoms with Crippen LogP contribution >= 0.6 is 0 Å². The maximum Gasteiger partial charge on any atom is 0.0572 e. The number of hydrogen-bond donors (Lipinski definition) is 0. The summed E-state index contributed by atoms with van der Waals surface area (Å²) in [5.74, 6) is 0. The summed E-state index contributed by atoms with van der Waals surface area (Å²) in [7, 11) is 0. The molecule has 0 fully saturated rings. The lowest BCUT2D eigenvalue weighted by Gasteiger charge is -2.15. The molecule has 0 saturated carbocycles. The van der Waals surface area contributed by atoms with Gasteiger partial charge in [0.05, 0.1) is 6.10 Å². The van der Waals surface area contributed by atoms with Crippen LogP contribution in [-0.4, -0.2) is 12.7 Å². The van der Waals surface area contributed by atoms with E-state index in [0.717, 1.165) is 6.61 Å². The van der Waals surface area contributed by atoms with Crippen molar-refractivity contribution in [3.05, 3.63) is 0 Å². The molecule has 86 valence electrons. The molecule has 1 nitrogen and oxygen atoms in total. The van der Waals surface area contributed by atoms with Gasteiger partial charge in [-0.2, -0.15) is 0 Å². The summed E-state index contributed by atoms with van der Waals surface area (Å²) in [5, 5.41) is 0. The Kier molecular flexibility index (Phi) is 11.0. The fourth-order valence-electron chi connectivity index (χ4n) is 1.62. The van der Waals surface area contributed by atoms with Crippen molar-refractivity contribution in [2.24, 2.45) is 0 Å². The van der Waals surface area contributed by atoms with Gasteiger partial charge < -0.3 is 4.74 Å². The number of unbranched alkanes of at least 4 members (excludes halogenated alkanes) is 4. The first-order valence-corrected chi connectivity index (χ1v) is 6.46. The normalized spacial score (nSPS) is 13.1. The molecule has 0 rings (SSSR count). The molecule has 0 amide bonds. The van der Waals surface area contributed by atoms with Gasteiger partial charge in [0.15, 0.2) is 0 Å². The summed E-state index contributed by atoms with van der Waals surface area (Å²) < 4.78 is 5.84. The Balaban J connectivity index is 3.24. The van der Waals surface area contributed by atoms with Crippen LogP contribution in [0.2, 0.25) is 0 Å². The summed E-state index contributed by atoms with van der Waals surface area (Å²) in [6, 6.07) is 0. The van der Waals surface area contributed by atoms with Gasteiger partial charge >= 0.3 is 0 Å². The van der Waals surface area contributed by atoms with Crippen LogP contribution in [0.3, 0.4) is 0 Å². The standard InChI is InChI=1S/C13H28O/c1-4-7-9-10-12-14-13(6-3)11-8-5-2/h13H,4-12H2,1-3H3. The molecule has 0 aromatic heterocycles. The molecular formula is C13H28O. The zero-order valence-electron chi connectivity index (χ0n) is 10.3. The molecule has 0 aromatic carbocycles. The van der Waals surface area contributed by atoms with E-state index in [1.54, 1.807) is 0 Å². The van der Waals surface area contributed by atoms with Gasteiger partial charge in [-0.25, -0.2) is 0 Å². The first-order valence-electron chi connectivity index (χ1n) is 6.46. The molecule has 0 aromatic rings. The Labute approximate surface area is 90.2 Å². The minimum Gasteiger partial charge on any atom is -0.378 e. The van der Waals surface area contributed by atoms with Crippen LogP contribution in [0.15, 0.2) is 0 Å². The van der Waals surface area contributed by atoms with E-state index >= 15 is 0 Å². The zero-order chi connectivity index (χ0) is 10.6. The minimum atomic E-state index is 0.525. The van der Waals surface area contributed by atoms with Crippen LogP contribution in [0, 0.1) is 0 Å². The van der Waals surface area contributed by atoms with Crippen molar-refractivity contribution in [2.75, 3.05) is 6.61 Å². The monoisotopic (exact) mass is 200 g/mol. The highest BCUT2D eigenvalue weighted by Crippen LogP contribution is 2.09. The second-order valence-corrected chi connectivity index (χ2v) is 4.10. The van der Waals surface area contributed by atoms with Crippen LogP contribution in [0.1, 0.15) is 72.1 Å². The minimum absolute atomic E-state index is 0.525. The molecule has 1 heteroatoms. The average molecular weight is 200 g/mol. The quantitative estimate of drug-likeness (QED) is 0.470. The third-order valence-corrected chi connectivity index (χ3v) is 2.69. The summed E-state index contributed by atoms with van der Waals surface area (Å²) in [4.78, 5) is 0. The van der Waals surface area contributed by atoms with Gasteiger partial charge in [-0.15, -0.1) is 0 Å². The van der Waals surface area contributed by atoms with Crippen molar-refractivity contribution >= 4 is 0 Å². The number of hydrogen-bond acceptors (Lipinski definition) is 1. The Morgan fingerprint density at radius 1 is 0.857 bits per heavy atom. The van der Waals surface area contributed by atoms with Gasteiger partial charge in [0.2, 0.25) is 0 Å². The van der Waals surface area contributed by atoms with E-state index in [1.807, 2.05) is 0 Å². The van der Waals surface area contributed by atoms with Gasteiger partial charge in [-0.3, -0.25) is 0 Å². The summed E-state index contributed by atoms with van der Waals surface area (Å²) in [6.45, 7) is 7.69. The molecule has 0 aliphatic carbocycles. The lowest BCUT2D eigenvalue weighted by atomic mass is 10.1. The van der Waals surface area contributed by atoms with Crippen molar-refractivity contribution in [3.63, 3.8) is 0 Å². The molecule has 0 saturated heterocycles. The molecule has 0 N–H and O–H groups in total. The molecule has 1 atom stereocenters. The van der Waals surface area contributed by atoms with Crippen LogP contribution in [0.4, 0.5) is 0 Å². The SMILES string of the molecule is CCCCCCOC(CC)CCCC. The first-order chi connectivity index (χ1) is 6.85. The smallest absolute Gasteiger partial charge is 0.0572 e. The van der Waals surface area contributed by atoms with E-state index in [2.05, 4.69) is 20.8 Å². The Morgan fingerprint density at radius 3 is 2.14 bits per heavy atom. The highest BCUT2D eigenvalue weighted by Gasteiger charge is 2.04. The predicted molar refractivity (Wildman–Crippen MR) is 63.7 cm³/mol.